The van der Waals surface area contributed by atoms with Crippen LogP contribution in [0.3, 0.4) is 0 Å². The Balaban J connectivity index is 1.47. The maximum absolute atomic E-state index is 13.2. The number of carbonyl (C=O) groups is 2. The van der Waals surface area contributed by atoms with Crippen LogP contribution in [0.15, 0.2) is 84.9 Å². The fourth-order valence-electron chi connectivity index (χ4n) is 4.53. The first-order chi connectivity index (χ1) is 16.5. The summed E-state index contributed by atoms with van der Waals surface area (Å²) in [5, 5.41) is 3.22. The Morgan fingerprint density at radius 1 is 0.912 bits per heavy atom. The van der Waals surface area contributed by atoms with Crippen LogP contribution < -0.4 is 10.1 Å². The van der Waals surface area contributed by atoms with E-state index < -0.39 is 0 Å². The molecule has 3 aromatic rings. The van der Waals surface area contributed by atoms with Gasteiger partial charge in [0.1, 0.15) is 5.75 Å². The molecule has 0 spiro atoms. The van der Waals surface area contributed by atoms with E-state index in [2.05, 4.69) is 10.2 Å². The number of amides is 2. The Morgan fingerprint density at radius 3 is 2.03 bits per heavy atom. The number of nitrogens with one attached hydrogen (secondary N) is 1. The Kier molecular flexibility index (Phi) is 7.60. The highest BCUT2D eigenvalue weighted by molar-refractivity contribution is 5.79. The lowest BCUT2D eigenvalue weighted by Crippen LogP contribution is -2.52. The summed E-state index contributed by atoms with van der Waals surface area (Å²) >= 11 is 0. The molecule has 0 radical (unpaired) electrons. The standard InChI is InChI=1S/C28H31N3O3/c1-21(32)31-18-17-30(19-26(31)22-13-15-25(34-2)16-14-22)20-27(33)29-28(23-9-5-3-6-10-23)24-11-7-4-8-12-24/h3-16,26,28H,17-20H2,1-2H3,(H,29,33). The molecule has 1 heterocycles. The molecule has 34 heavy (non-hydrogen) atoms. The molecule has 2 amide bonds. The van der Waals surface area contributed by atoms with Crippen molar-refractivity contribution in [3.05, 3.63) is 102 Å². The van der Waals surface area contributed by atoms with Gasteiger partial charge >= 0.3 is 0 Å². The van der Waals surface area contributed by atoms with Crippen LogP contribution >= 0.6 is 0 Å². The summed E-state index contributed by atoms with van der Waals surface area (Å²) < 4.78 is 5.27. The van der Waals surface area contributed by atoms with Gasteiger partial charge in [-0.25, -0.2) is 0 Å². The van der Waals surface area contributed by atoms with Crippen molar-refractivity contribution in [3.63, 3.8) is 0 Å². The highest BCUT2D eigenvalue weighted by atomic mass is 16.5. The van der Waals surface area contributed by atoms with Gasteiger partial charge in [0.25, 0.3) is 0 Å². The first-order valence-corrected chi connectivity index (χ1v) is 11.6. The maximum Gasteiger partial charge on any atom is 0.234 e. The normalized spacial score (nSPS) is 16.3. The van der Waals surface area contributed by atoms with Crippen molar-refractivity contribution in [2.24, 2.45) is 0 Å². The van der Waals surface area contributed by atoms with E-state index in [1.165, 1.54) is 0 Å². The first-order valence-electron chi connectivity index (χ1n) is 11.6. The SMILES string of the molecule is COc1ccc(C2CN(CC(=O)NC(c3ccccc3)c3ccccc3)CCN2C(C)=O)cc1. The molecule has 4 rings (SSSR count). The zero-order chi connectivity index (χ0) is 23.9. The lowest BCUT2D eigenvalue weighted by atomic mass is 9.98. The molecule has 1 saturated heterocycles. The van der Waals surface area contributed by atoms with Crippen molar-refractivity contribution in [1.82, 2.24) is 15.1 Å². The quantitative estimate of drug-likeness (QED) is 0.586. The molecule has 0 saturated carbocycles. The van der Waals surface area contributed by atoms with Crippen molar-refractivity contribution >= 4 is 11.8 Å². The van der Waals surface area contributed by atoms with Gasteiger partial charge in [-0.1, -0.05) is 72.8 Å². The molecule has 1 N–H and O–H groups in total. The average Bonchev–Trinajstić information content (AvgIpc) is 2.88. The van der Waals surface area contributed by atoms with Gasteiger partial charge in [-0.15, -0.1) is 0 Å². The van der Waals surface area contributed by atoms with Gasteiger partial charge < -0.3 is 15.0 Å². The number of benzene rings is 3. The van der Waals surface area contributed by atoms with E-state index in [0.717, 1.165) is 22.4 Å². The van der Waals surface area contributed by atoms with Crippen molar-refractivity contribution in [2.75, 3.05) is 33.3 Å². The van der Waals surface area contributed by atoms with E-state index in [4.69, 9.17) is 4.74 Å². The third-order valence-corrected chi connectivity index (χ3v) is 6.31. The van der Waals surface area contributed by atoms with E-state index >= 15 is 0 Å². The number of hydrogen-bond acceptors (Lipinski definition) is 4. The third kappa shape index (κ3) is 5.64. The third-order valence-electron chi connectivity index (χ3n) is 6.31. The summed E-state index contributed by atoms with van der Waals surface area (Å²) in [7, 11) is 1.63. The smallest absolute Gasteiger partial charge is 0.234 e. The molecule has 1 unspecified atom stereocenters. The molecule has 1 fully saturated rings. The number of ether oxygens (including phenoxy) is 1. The monoisotopic (exact) mass is 457 g/mol. The minimum Gasteiger partial charge on any atom is -0.497 e. The van der Waals surface area contributed by atoms with Crippen molar-refractivity contribution < 1.29 is 14.3 Å². The zero-order valence-electron chi connectivity index (χ0n) is 19.7. The second-order valence-electron chi connectivity index (χ2n) is 8.56. The molecule has 6 nitrogen and oxygen atoms in total. The largest absolute Gasteiger partial charge is 0.497 e. The Hall–Kier alpha value is -3.64. The van der Waals surface area contributed by atoms with E-state index in [0.29, 0.717) is 19.6 Å². The fourth-order valence-corrected chi connectivity index (χ4v) is 4.53. The zero-order valence-corrected chi connectivity index (χ0v) is 19.7. The second-order valence-corrected chi connectivity index (χ2v) is 8.56. The lowest BCUT2D eigenvalue weighted by molar-refractivity contribution is -0.134. The lowest BCUT2D eigenvalue weighted by Gasteiger charge is -2.41. The fraction of sp³-hybridized carbons (Fsp3) is 0.286. The summed E-state index contributed by atoms with van der Waals surface area (Å²) in [5.41, 5.74) is 3.12. The van der Waals surface area contributed by atoms with Crippen LogP contribution in [0.1, 0.15) is 35.7 Å². The van der Waals surface area contributed by atoms with Gasteiger partial charge in [0.15, 0.2) is 0 Å². The molecule has 3 aromatic carbocycles. The van der Waals surface area contributed by atoms with Gasteiger partial charge in [0.05, 0.1) is 25.7 Å². The summed E-state index contributed by atoms with van der Waals surface area (Å²) in [6, 6.07) is 27.5. The first kappa shape index (κ1) is 23.5. The number of methoxy groups -OCH3 is 1. The molecule has 176 valence electrons. The second kappa shape index (κ2) is 11.0. The van der Waals surface area contributed by atoms with Crippen LogP contribution in [0, 0.1) is 0 Å². The van der Waals surface area contributed by atoms with E-state index in [1.807, 2.05) is 89.8 Å². The van der Waals surface area contributed by atoms with Gasteiger partial charge in [-0.3, -0.25) is 14.5 Å². The molecule has 6 heteroatoms. The van der Waals surface area contributed by atoms with Crippen molar-refractivity contribution in [3.8, 4) is 5.75 Å². The summed E-state index contributed by atoms with van der Waals surface area (Å²) in [6.45, 7) is 3.71. The molecule has 1 aliphatic rings. The highest BCUT2D eigenvalue weighted by Crippen LogP contribution is 2.27. The Bertz CT molecular complexity index is 1050. The van der Waals surface area contributed by atoms with Crippen molar-refractivity contribution in [1.29, 1.82) is 0 Å². The van der Waals surface area contributed by atoms with Crippen LogP contribution in [0.25, 0.3) is 0 Å². The summed E-state index contributed by atoms with van der Waals surface area (Å²) in [6.07, 6.45) is 0. The predicted octanol–water partition coefficient (Wildman–Crippen LogP) is 3.81. The predicted molar refractivity (Wildman–Crippen MR) is 132 cm³/mol. The van der Waals surface area contributed by atoms with Crippen LogP contribution in [0.4, 0.5) is 0 Å². The molecular weight excluding hydrogens is 426 g/mol. The van der Waals surface area contributed by atoms with Gasteiger partial charge in [-0.2, -0.15) is 0 Å². The molecule has 1 atom stereocenters. The molecule has 0 aromatic heterocycles. The van der Waals surface area contributed by atoms with Gasteiger partial charge in [0, 0.05) is 26.6 Å². The highest BCUT2D eigenvalue weighted by Gasteiger charge is 2.31. The average molecular weight is 458 g/mol. The van der Waals surface area contributed by atoms with E-state index in [9.17, 15) is 9.59 Å². The number of nitrogens with zero attached hydrogens (tertiary/aromatic N) is 2. The van der Waals surface area contributed by atoms with E-state index in [-0.39, 0.29) is 30.4 Å². The van der Waals surface area contributed by atoms with Crippen molar-refractivity contribution in [2.45, 2.75) is 19.0 Å². The molecule has 0 aliphatic carbocycles. The minimum absolute atomic E-state index is 0.0394. The van der Waals surface area contributed by atoms with Gasteiger partial charge in [0.2, 0.25) is 11.8 Å². The van der Waals surface area contributed by atoms with Crippen LogP contribution in [0.2, 0.25) is 0 Å². The van der Waals surface area contributed by atoms with E-state index in [1.54, 1.807) is 14.0 Å². The minimum atomic E-state index is -0.217. The van der Waals surface area contributed by atoms with Crippen LogP contribution in [0.5, 0.6) is 5.75 Å². The number of piperazine rings is 1. The number of carbonyl (C=O) groups excluding carboxylic acids is 2. The maximum atomic E-state index is 13.2. The Morgan fingerprint density at radius 2 is 1.50 bits per heavy atom. The van der Waals surface area contributed by atoms with Gasteiger partial charge in [-0.05, 0) is 28.8 Å². The number of rotatable bonds is 7. The topological polar surface area (TPSA) is 61.9 Å². The van der Waals surface area contributed by atoms with Crippen LogP contribution in [-0.2, 0) is 9.59 Å². The molecule has 0 bridgehead atoms. The summed E-state index contributed by atoms with van der Waals surface area (Å²) in [5.74, 6) is 0.777. The Labute approximate surface area is 201 Å². The van der Waals surface area contributed by atoms with Crippen LogP contribution in [-0.4, -0.2) is 54.9 Å². The number of hydrogen-bond donors (Lipinski definition) is 1. The molecule has 1 aliphatic heterocycles. The summed E-state index contributed by atoms with van der Waals surface area (Å²) in [4.78, 5) is 29.5. The molecular formula is C28H31N3O3.